The smallest absolute Gasteiger partial charge is 0.396 e. The molecule has 0 bridgehead atoms. The molecule has 2 aliphatic rings. The van der Waals surface area contributed by atoms with Crippen molar-refractivity contribution in [2.24, 2.45) is 11.3 Å². The molecule has 1 spiro atoms. The standard InChI is InChI=1S/C26H27F3N4O/c27-26(28,29)23-11-21(6-5-18(23)12-30)33-9-7-25(8-10-33)17-32(15-20(25)16-34)14-19-13-31-24-4-2-1-3-22(19)24/h1-6,11,13,20,31,34H,7-10,14-17H2. The topological polar surface area (TPSA) is 66.3 Å². The van der Waals surface area contributed by atoms with Gasteiger partial charge < -0.3 is 15.0 Å². The lowest BCUT2D eigenvalue weighted by Gasteiger charge is -2.43. The fraction of sp³-hybridized carbons (Fsp3) is 0.423. The molecule has 1 aromatic heterocycles. The van der Waals surface area contributed by atoms with Crippen LogP contribution in [0.5, 0.6) is 0 Å². The van der Waals surface area contributed by atoms with Crippen molar-refractivity contribution in [2.75, 3.05) is 37.7 Å². The third kappa shape index (κ3) is 4.04. The molecule has 0 amide bonds. The lowest BCUT2D eigenvalue weighted by atomic mass is 9.71. The Morgan fingerprint density at radius 2 is 1.91 bits per heavy atom. The molecular weight excluding hydrogens is 441 g/mol. The normalized spacial score (nSPS) is 20.8. The number of H-pyrrole nitrogens is 1. The van der Waals surface area contributed by atoms with Gasteiger partial charge in [0.25, 0.3) is 0 Å². The molecule has 5 rings (SSSR count). The average molecular weight is 469 g/mol. The number of aliphatic hydroxyl groups excluding tert-OH is 1. The zero-order valence-electron chi connectivity index (χ0n) is 18.8. The Morgan fingerprint density at radius 3 is 2.62 bits per heavy atom. The number of alkyl halides is 3. The molecule has 178 valence electrons. The number of para-hydroxylation sites is 1. The summed E-state index contributed by atoms with van der Waals surface area (Å²) in [5.74, 6) is 0.145. The summed E-state index contributed by atoms with van der Waals surface area (Å²) < 4.78 is 40.2. The first-order chi connectivity index (χ1) is 16.3. The number of aliphatic hydroxyl groups is 1. The summed E-state index contributed by atoms with van der Waals surface area (Å²) >= 11 is 0. The molecule has 3 heterocycles. The first-order valence-corrected chi connectivity index (χ1v) is 11.6. The minimum Gasteiger partial charge on any atom is -0.396 e. The minimum absolute atomic E-state index is 0.0448. The van der Waals surface area contributed by atoms with Gasteiger partial charge in [0, 0.05) is 68.0 Å². The van der Waals surface area contributed by atoms with Crippen molar-refractivity contribution in [1.29, 1.82) is 5.26 Å². The molecule has 3 aromatic rings. The summed E-state index contributed by atoms with van der Waals surface area (Å²) in [5.41, 5.74) is 1.56. The van der Waals surface area contributed by atoms with Crippen LogP contribution in [0, 0.1) is 22.7 Å². The molecule has 2 aromatic carbocycles. The van der Waals surface area contributed by atoms with Crippen LogP contribution in [0.2, 0.25) is 0 Å². The number of hydrogen-bond acceptors (Lipinski definition) is 4. The number of halogens is 3. The van der Waals surface area contributed by atoms with Crippen molar-refractivity contribution < 1.29 is 18.3 Å². The van der Waals surface area contributed by atoms with E-state index < -0.39 is 11.7 Å². The Balaban J connectivity index is 1.30. The highest BCUT2D eigenvalue weighted by Gasteiger charge is 2.47. The predicted molar refractivity (Wildman–Crippen MR) is 124 cm³/mol. The molecule has 1 atom stereocenters. The zero-order chi connectivity index (χ0) is 23.9. The van der Waals surface area contributed by atoms with Crippen LogP contribution in [0.3, 0.4) is 0 Å². The Morgan fingerprint density at radius 1 is 1.15 bits per heavy atom. The largest absolute Gasteiger partial charge is 0.417 e. The highest BCUT2D eigenvalue weighted by atomic mass is 19.4. The van der Waals surface area contributed by atoms with E-state index in [4.69, 9.17) is 5.26 Å². The Bertz CT molecular complexity index is 1220. The molecule has 1 unspecified atom stereocenters. The van der Waals surface area contributed by atoms with Crippen LogP contribution in [0.1, 0.15) is 29.5 Å². The number of hydrogen-bond donors (Lipinski definition) is 2. The van der Waals surface area contributed by atoms with Crippen molar-refractivity contribution in [2.45, 2.75) is 25.6 Å². The van der Waals surface area contributed by atoms with Gasteiger partial charge in [0.15, 0.2) is 0 Å². The number of nitrogens with zero attached hydrogens (tertiary/aromatic N) is 3. The van der Waals surface area contributed by atoms with E-state index in [1.54, 1.807) is 12.1 Å². The second-order valence-electron chi connectivity index (χ2n) is 9.60. The van der Waals surface area contributed by atoms with Crippen LogP contribution in [0.25, 0.3) is 10.9 Å². The highest BCUT2D eigenvalue weighted by molar-refractivity contribution is 5.82. The van der Waals surface area contributed by atoms with Crippen molar-refractivity contribution in [3.8, 4) is 6.07 Å². The van der Waals surface area contributed by atoms with Crippen LogP contribution >= 0.6 is 0 Å². The van der Waals surface area contributed by atoms with Gasteiger partial charge >= 0.3 is 6.18 Å². The van der Waals surface area contributed by atoms with E-state index in [0.717, 1.165) is 44.1 Å². The van der Waals surface area contributed by atoms with Gasteiger partial charge in [-0.2, -0.15) is 18.4 Å². The van der Waals surface area contributed by atoms with Gasteiger partial charge in [-0.3, -0.25) is 4.90 Å². The van der Waals surface area contributed by atoms with Crippen molar-refractivity contribution in [3.05, 3.63) is 65.4 Å². The second kappa shape index (κ2) is 8.64. The lowest BCUT2D eigenvalue weighted by molar-refractivity contribution is -0.137. The number of rotatable bonds is 4. The maximum absolute atomic E-state index is 13.4. The van der Waals surface area contributed by atoms with E-state index in [0.29, 0.717) is 18.8 Å². The van der Waals surface area contributed by atoms with Gasteiger partial charge in [-0.15, -0.1) is 0 Å². The molecule has 0 radical (unpaired) electrons. The number of benzene rings is 2. The third-order valence-corrected chi connectivity index (χ3v) is 7.73. The van der Waals surface area contributed by atoms with Gasteiger partial charge in [-0.05, 0) is 48.1 Å². The summed E-state index contributed by atoms with van der Waals surface area (Å²) in [4.78, 5) is 7.69. The summed E-state index contributed by atoms with van der Waals surface area (Å²) in [5, 5.41) is 20.4. The molecular formula is C26H27F3N4O. The SMILES string of the molecule is N#Cc1ccc(N2CCC3(CC2)CN(Cc2c[nH]c4ccccc24)CC3CO)cc1C(F)(F)F. The maximum atomic E-state index is 13.4. The monoisotopic (exact) mass is 468 g/mol. The number of fused-ring (bicyclic) bond motifs is 1. The number of aromatic nitrogens is 1. The fourth-order valence-electron chi connectivity index (χ4n) is 5.86. The number of likely N-dealkylation sites (tertiary alicyclic amines) is 1. The molecule has 2 fully saturated rings. The molecule has 2 aliphatic heterocycles. The van der Waals surface area contributed by atoms with Gasteiger partial charge in [0.05, 0.1) is 17.2 Å². The number of anilines is 1. The summed E-state index contributed by atoms with van der Waals surface area (Å²) in [7, 11) is 0. The second-order valence-corrected chi connectivity index (χ2v) is 9.60. The van der Waals surface area contributed by atoms with Crippen LogP contribution in [0.4, 0.5) is 18.9 Å². The highest BCUT2D eigenvalue weighted by Crippen LogP contribution is 2.46. The zero-order valence-corrected chi connectivity index (χ0v) is 18.8. The molecule has 34 heavy (non-hydrogen) atoms. The first-order valence-electron chi connectivity index (χ1n) is 11.6. The summed E-state index contributed by atoms with van der Waals surface area (Å²) in [6.45, 7) is 3.84. The number of nitrogens with one attached hydrogen (secondary N) is 1. The van der Waals surface area contributed by atoms with Gasteiger partial charge in [-0.1, -0.05) is 18.2 Å². The predicted octanol–water partition coefficient (Wildman–Crippen LogP) is 4.77. The Kier molecular flexibility index (Phi) is 5.78. The van der Waals surface area contributed by atoms with E-state index in [-0.39, 0.29) is 23.5 Å². The van der Waals surface area contributed by atoms with Gasteiger partial charge in [-0.25, -0.2) is 0 Å². The summed E-state index contributed by atoms with van der Waals surface area (Å²) in [6, 6.07) is 13.8. The molecule has 0 aliphatic carbocycles. The van der Waals surface area contributed by atoms with Crippen molar-refractivity contribution in [3.63, 3.8) is 0 Å². The van der Waals surface area contributed by atoms with Crippen LogP contribution in [-0.2, 0) is 12.7 Å². The molecule has 5 nitrogen and oxygen atoms in total. The van der Waals surface area contributed by atoms with Crippen LogP contribution < -0.4 is 4.90 Å². The average Bonchev–Trinajstić information content (AvgIpc) is 3.40. The number of nitriles is 1. The van der Waals surface area contributed by atoms with Gasteiger partial charge in [0.1, 0.15) is 0 Å². The van der Waals surface area contributed by atoms with Crippen molar-refractivity contribution in [1.82, 2.24) is 9.88 Å². The molecule has 8 heteroatoms. The van der Waals surface area contributed by atoms with E-state index in [1.165, 1.54) is 17.0 Å². The quantitative estimate of drug-likeness (QED) is 0.579. The van der Waals surface area contributed by atoms with Crippen molar-refractivity contribution >= 4 is 16.6 Å². The Labute approximate surface area is 196 Å². The Hall–Kier alpha value is -3.02. The van der Waals surface area contributed by atoms with E-state index in [2.05, 4.69) is 28.2 Å². The first kappa shape index (κ1) is 22.8. The van der Waals surface area contributed by atoms with Gasteiger partial charge in [0.2, 0.25) is 0 Å². The molecule has 2 N–H and O–H groups in total. The maximum Gasteiger partial charge on any atom is 0.417 e. The van der Waals surface area contributed by atoms with Crippen LogP contribution in [-0.4, -0.2) is 47.8 Å². The number of piperidine rings is 1. The summed E-state index contributed by atoms with van der Waals surface area (Å²) in [6.07, 6.45) is -0.891. The number of aromatic amines is 1. The minimum atomic E-state index is -4.56. The molecule has 0 saturated carbocycles. The van der Waals surface area contributed by atoms with E-state index in [1.807, 2.05) is 17.0 Å². The lowest BCUT2D eigenvalue weighted by Crippen LogP contribution is -2.45. The van der Waals surface area contributed by atoms with E-state index >= 15 is 0 Å². The fourth-order valence-corrected chi connectivity index (χ4v) is 5.86. The van der Waals surface area contributed by atoms with E-state index in [9.17, 15) is 18.3 Å². The van der Waals surface area contributed by atoms with Crippen LogP contribution in [0.15, 0.2) is 48.7 Å². The molecule has 2 saturated heterocycles. The third-order valence-electron chi connectivity index (χ3n) is 7.73.